The number of carbonyl (C=O) groups excluding carboxylic acids is 1. The third-order valence-electron chi connectivity index (χ3n) is 4.81. The first kappa shape index (κ1) is 24.0. The van der Waals surface area contributed by atoms with E-state index in [0.29, 0.717) is 12.2 Å². The van der Waals surface area contributed by atoms with Crippen LogP contribution in [-0.4, -0.2) is 26.8 Å². The maximum absolute atomic E-state index is 13.1. The van der Waals surface area contributed by atoms with Crippen LogP contribution in [0.4, 0.5) is 13.2 Å². The third-order valence-corrected chi connectivity index (χ3v) is 4.81. The second kappa shape index (κ2) is 9.43. The second-order valence-electron chi connectivity index (χ2n) is 8.07. The van der Waals surface area contributed by atoms with Gasteiger partial charge in [-0.25, -0.2) is 4.79 Å². The van der Waals surface area contributed by atoms with Crippen molar-refractivity contribution >= 4 is 5.91 Å². The standard InChI is InChI=1S/C23H23F3N4O3/c1-14(2)12-27-20(31)19-21(32)29(13-16-7-9-17(10-8-16)23(24,25)26)22(33)30(28-19)18-6-4-5-15(3)11-18/h4-11,14H,12-13H2,1-3H3,(H,27,31). The molecule has 0 saturated heterocycles. The normalized spacial score (nSPS) is 11.6. The molecular formula is C23H23F3N4O3. The summed E-state index contributed by atoms with van der Waals surface area (Å²) in [5.41, 5.74) is -1.61. The molecule has 1 N–H and O–H groups in total. The van der Waals surface area contributed by atoms with E-state index in [-0.39, 0.29) is 18.0 Å². The summed E-state index contributed by atoms with van der Waals surface area (Å²) in [7, 11) is 0. The number of hydrogen-bond donors (Lipinski definition) is 1. The molecule has 1 heterocycles. The molecule has 0 unspecified atom stereocenters. The lowest BCUT2D eigenvalue weighted by molar-refractivity contribution is -0.137. The van der Waals surface area contributed by atoms with Crippen LogP contribution in [-0.2, 0) is 12.7 Å². The fourth-order valence-electron chi connectivity index (χ4n) is 3.09. The molecule has 0 radical (unpaired) electrons. The van der Waals surface area contributed by atoms with E-state index in [9.17, 15) is 27.6 Å². The first-order chi connectivity index (χ1) is 15.5. The predicted octanol–water partition coefficient (Wildman–Crippen LogP) is 3.16. The Bertz CT molecular complexity index is 1280. The first-order valence-electron chi connectivity index (χ1n) is 10.2. The molecule has 3 rings (SSSR count). The fraction of sp³-hybridized carbons (Fsp3) is 0.304. The Morgan fingerprint density at radius 2 is 1.76 bits per heavy atom. The molecule has 0 fully saturated rings. The van der Waals surface area contributed by atoms with Gasteiger partial charge in [0.15, 0.2) is 0 Å². The Kier molecular flexibility index (Phi) is 6.85. The van der Waals surface area contributed by atoms with Crippen molar-refractivity contribution in [2.24, 2.45) is 5.92 Å². The lowest BCUT2D eigenvalue weighted by atomic mass is 10.1. The zero-order chi connectivity index (χ0) is 24.3. The Morgan fingerprint density at radius 3 is 2.33 bits per heavy atom. The van der Waals surface area contributed by atoms with Crippen molar-refractivity contribution in [2.75, 3.05) is 6.54 Å². The number of rotatable bonds is 6. The van der Waals surface area contributed by atoms with E-state index in [1.54, 1.807) is 18.2 Å². The SMILES string of the molecule is Cc1cccc(-n2nc(C(=O)NCC(C)C)c(=O)n(Cc3ccc(C(F)(F)F)cc3)c2=O)c1. The molecular weight excluding hydrogens is 437 g/mol. The van der Waals surface area contributed by atoms with Crippen molar-refractivity contribution < 1.29 is 18.0 Å². The fourth-order valence-corrected chi connectivity index (χ4v) is 3.09. The van der Waals surface area contributed by atoms with Crippen LogP contribution in [0.1, 0.15) is 41.0 Å². The summed E-state index contributed by atoms with van der Waals surface area (Å²) in [6.07, 6.45) is -4.51. The molecule has 0 aliphatic carbocycles. The summed E-state index contributed by atoms with van der Waals surface area (Å²) < 4.78 is 40.3. The number of nitrogens with zero attached hydrogens (tertiary/aromatic N) is 3. The molecule has 0 atom stereocenters. The Morgan fingerprint density at radius 1 is 1.09 bits per heavy atom. The molecule has 7 nitrogen and oxygen atoms in total. The number of nitrogens with one attached hydrogen (secondary N) is 1. The highest BCUT2D eigenvalue weighted by molar-refractivity contribution is 5.91. The van der Waals surface area contributed by atoms with Gasteiger partial charge < -0.3 is 5.32 Å². The summed E-state index contributed by atoms with van der Waals surface area (Å²) in [6, 6.07) is 10.9. The summed E-state index contributed by atoms with van der Waals surface area (Å²) >= 11 is 0. The third kappa shape index (κ3) is 5.57. The zero-order valence-corrected chi connectivity index (χ0v) is 18.3. The van der Waals surface area contributed by atoms with Crippen LogP contribution in [0.2, 0.25) is 0 Å². The number of alkyl halides is 3. The van der Waals surface area contributed by atoms with Crippen molar-refractivity contribution in [3.05, 3.63) is 91.8 Å². The highest BCUT2D eigenvalue weighted by atomic mass is 19.4. The largest absolute Gasteiger partial charge is 0.416 e. The van der Waals surface area contributed by atoms with E-state index in [2.05, 4.69) is 10.4 Å². The minimum Gasteiger partial charge on any atom is -0.350 e. The number of benzene rings is 2. The second-order valence-corrected chi connectivity index (χ2v) is 8.07. The molecule has 1 aromatic heterocycles. The van der Waals surface area contributed by atoms with Crippen LogP contribution in [0.25, 0.3) is 5.69 Å². The summed E-state index contributed by atoms with van der Waals surface area (Å²) in [5.74, 6) is -0.623. The molecule has 0 aliphatic rings. The van der Waals surface area contributed by atoms with Gasteiger partial charge in [-0.15, -0.1) is 0 Å². The average Bonchev–Trinajstić information content (AvgIpc) is 2.75. The van der Waals surface area contributed by atoms with E-state index in [1.807, 2.05) is 26.8 Å². The lowest BCUT2D eigenvalue weighted by Crippen LogP contribution is -2.46. The van der Waals surface area contributed by atoms with E-state index in [1.165, 1.54) is 12.1 Å². The number of aryl methyl sites for hydroxylation is 1. The molecule has 174 valence electrons. The average molecular weight is 460 g/mol. The lowest BCUT2D eigenvalue weighted by Gasteiger charge is -2.14. The maximum Gasteiger partial charge on any atom is 0.416 e. The molecule has 0 bridgehead atoms. The predicted molar refractivity (Wildman–Crippen MR) is 117 cm³/mol. The van der Waals surface area contributed by atoms with E-state index < -0.39 is 34.6 Å². The van der Waals surface area contributed by atoms with Crippen LogP contribution >= 0.6 is 0 Å². The number of carbonyl (C=O) groups is 1. The monoisotopic (exact) mass is 460 g/mol. The quantitative estimate of drug-likeness (QED) is 0.613. The Hall–Kier alpha value is -3.69. The van der Waals surface area contributed by atoms with Crippen molar-refractivity contribution in [3.63, 3.8) is 0 Å². The van der Waals surface area contributed by atoms with Crippen LogP contribution in [0.15, 0.2) is 58.1 Å². The number of aromatic nitrogens is 3. The summed E-state index contributed by atoms with van der Waals surface area (Å²) in [6.45, 7) is 5.54. The molecule has 0 aliphatic heterocycles. The minimum absolute atomic E-state index is 0.117. The van der Waals surface area contributed by atoms with Gasteiger partial charge in [0.2, 0.25) is 5.69 Å². The molecule has 10 heteroatoms. The van der Waals surface area contributed by atoms with Crippen molar-refractivity contribution in [1.29, 1.82) is 0 Å². The van der Waals surface area contributed by atoms with Crippen LogP contribution < -0.4 is 16.6 Å². The van der Waals surface area contributed by atoms with Crippen LogP contribution in [0, 0.1) is 12.8 Å². The number of halogens is 3. The maximum atomic E-state index is 13.1. The van der Waals surface area contributed by atoms with Crippen molar-refractivity contribution in [1.82, 2.24) is 19.7 Å². The van der Waals surface area contributed by atoms with Gasteiger partial charge in [-0.2, -0.15) is 23.0 Å². The molecule has 1 amide bonds. The Balaban J connectivity index is 2.12. The van der Waals surface area contributed by atoms with Gasteiger partial charge in [0.25, 0.3) is 11.5 Å². The van der Waals surface area contributed by atoms with E-state index in [4.69, 9.17) is 0 Å². The van der Waals surface area contributed by atoms with Gasteiger partial charge in [0.05, 0.1) is 17.8 Å². The van der Waals surface area contributed by atoms with Gasteiger partial charge in [-0.05, 0) is 48.2 Å². The first-order valence-corrected chi connectivity index (χ1v) is 10.2. The Labute approximate surface area is 187 Å². The summed E-state index contributed by atoms with van der Waals surface area (Å²) in [5, 5.41) is 6.63. The van der Waals surface area contributed by atoms with Gasteiger partial charge in [-0.1, -0.05) is 38.1 Å². The number of hydrogen-bond acceptors (Lipinski definition) is 4. The molecule has 2 aromatic carbocycles. The smallest absolute Gasteiger partial charge is 0.350 e. The topological polar surface area (TPSA) is 86.0 Å². The highest BCUT2D eigenvalue weighted by Gasteiger charge is 2.30. The van der Waals surface area contributed by atoms with Gasteiger partial charge in [-0.3, -0.25) is 14.2 Å². The number of amides is 1. The van der Waals surface area contributed by atoms with Crippen LogP contribution in [0.3, 0.4) is 0 Å². The van der Waals surface area contributed by atoms with E-state index >= 15 is 0 Å². The zero-order valence-electron chi connectivity index (χ0n) is 18.3. The van der Waals surface area contributed by atoms with E-state index in [0.717, 1.165) is 26.9 Å². The van der Waals surface area contributed by atoms with Crippen LogP contribution in [0.5, 0.6) is 0 Å². The van der Waals surface area contributed by atoms with Gasteiger partial charge in [0.1, 0.15) is 0 Å². The van der Waals surface area contributed by atoms with Gasteiger partial charge in [0, 0.05) is 6.54 Å². The molecule has 0 spiro atoms. The summed E-state index contributed by atoms with van der Waals surface area (Å²) in [4.78, 5) is 38.8. The molecule has 3 aromatic rings. The molecule has 33 heavy (non-hydrogen) atoms. The molecule has 0 saturated carbocycles. The highest BCUT2D eigenvalue weighted by Crippen LogP contribution is 2.29. The minimum atomic E-state index is -4.51. The van der Waals surface area contributed by atoms with Crippen molar-refractivity contribution in [2.45, 2.75) is 33.5 Å². The van der Waals surface area contributed by atoms with Gasteiger partial charge >= 0.3 is 11.9 Å². The van der Waals surface area contributed by atoms with Crippen molar-refractivity contribution in [3.8, 4) is 5.69 Å².